The van der Waals surface area contributed by atoms with Crippen LogP contribution in [0.2, 0.25) is 0 Å². The Morgan fingerprint density at radius 2 is 1.53 bits per heavy atom. The lowest BCUT2D eigenvalue weighted by Gasteiger charge is -2.35. The van der Waals surface area contributed by atoms with Gasteiger partial charge in [0.15, 0.2) is 6.61 Å². The first-order chi connectivity index (χ1) is 14.6. The Hall–Kier alpha value is -2.53. The third-order valence-electron chi connectivity index (χ3n) is 5.74. The molecule has 0 saturated carbocycles. The van der Waals surface area contributed by atoms with Gasteiger partial charge in [0, 0.05) is 6.54 Å². The van der Waals surface area contributed by atoms with Gasteiger partial charge in [0.2, 0.25) is 0 Å². The summed E-state index contributed by atoms with van der Waals surface area (Å²) < 4.78 is 11.0. The van der Waals surface area contributed by atoms with Crippen LogP contribution in [-0.2, 0) is 4.79 Å². The summed E-state index contributed by atoms with van der Waals surface area (Å²) in [5, 5.41) is 3.07. The Bertz CT molecular complexity index is 781. The molecule has 0 unspecified atom stereocenters. The average Bonchev–Trinajstić information content (AvgIpc) is 2.79. The highest BCUT2D eigenvalue weighted by Crippen LogP contribution is 2.26. The minimum absolute atomic E-state index is 0.0242. The van der Waals surface area contributed by atoms with Crippen molar-refractivity contribution in [3.8, 4) is 11.5 Å². The number of hydrogen-bond donors (Lipinski definition) is 1. The van der Waals surface area contributed by atoms with Gasteiger partial charge in [0.1, 0.15) is 11.5 Å². The third kappa shape index (κ3) is 6.23. The topological polar surface area (TPSA) is 50.8 Å². The SMILES string of the molecule is COc1ccc([C@H](CNC(=O)COc2ccc(C(C)C)cc2)N2CCCCC2)cc1. The molecule has 0 bridgehead atoms. The van der Waals surface area contributed by atoms with E-state index in [1.807, 2.05) is 36.4 Å². The first-order valence-electron chi connectivity index (χ1n) is 10.9. The van der Waals surface area contributed by atoms with E-state index in [4.69, 9.17) is 9.47 Å². The molecule has 5 heteroatoms. The van der Waals surface area contributed by atoms with Crippen molar-refractivity contribution in [2.45, 2.75) is 45.1 Å². The van der Waals surface area contributed by atoms with Crippen LogP contribution in [0, 0.1) is 0 Å². The maximum Gasteiger partial charge on any atom is 0.258 e. The molecule has 3 rings (SSSR count). The molecule has 2 aromatic rings. The molecule has 0 spiro atoms. The van der Waals surface area contributed by atoms with Gasteiger partial charge in [-0.3, -0.25) is 9.69 Å². The Balaban J connectivity index is 1.56. The Kier molecular flexibility index (Phi) is 8.14. The van der Waals surface area contributed by atoms with Crippen LogP contribution in [0.25, 0.3) is 0 Å². The number of amides is 1. The zero-order valence-corrected chi connectivity index (χ0v) is 18.4. The zero-order chi connectivity index (χ0) is 21.3. The molecule has 30 heavy (non-hydrogen) atoms. The molecule has 2 aromatic carbocycles. The van der Waals surface area contributed by atoms with E-state index < -0.39 is 0 Å². The van der Waals surface area contributed by atoms with Gasteiger partial charge in [-0.15, -0.1) is 0 Å². The second-order valence-electron chi connectivity index (χ2n) is 8.20. The van der Waals surface area contributed by atoms with Crippen LogP contribution in [0.3, 0.4) is 0 Å². The lowest BCUT2D eigenvalue weighted by atomic mass is 10.0. The highest BCUT2D eigenvalue weighted by molar-refractivity contribution is 5.77. The summed E-state index contributed by atoms with van der Waals surface area (Å²) >= 11 is 0. The number of carbonyl (C=O) groups excluding carboxylic acids is 1. The van der Waals surface area contributed by atoms with E-state index in [0.717, 1.165) is 24.6 Å². The molecule has 1 amide bonds. The summed E-state index contributed by atoms with van der Waals surface area (Å²) in [6, 6.07) is 16.3. The standard InChI is InChI=1S/C25H34N2O3/c1-19(2)20-7-13-23(14-8-20)30-18-25(28)26-17-24(27-15-5-4-6-16-27)21-9-11-22(29-3)12-10-21/h7-14,19,24H,4-6,15-18H2,1-3H3,(H,26,28)/t24-/m0/s1. The second kappa shape index (κ2) is 11.0. The Labute approximate surface area is 180 Å². The van der Waals surface area contributed by atoms with E-state index in [0.29, 0.717) is 12.5 Å². The van der Waals surface area contributed by atoms with Gasteiger partial charge in [-0.2, -0.15) is 0 Å². The van der Waals surface area contributed by atoms with Crippen LogP contribution in [0.5, 0.6) is 11.5 Å². The first-order valence-corrected chi connectivity index (χ1v) is 10.9. The van der Waals surface area contributed by atoms with Crippen LogP contribution in [0.15, 0.2) is 48.5 Å². The summed E-state index contributed by atoms with van der Waals surface area (Å²) in [6.45, 7) is 7.03. The molecule has 1 aliphatic rings. The number of hydrogen-bond acceptors (Lipinski definition) is 4. The molecular weight excluding hydrogens is 376 g/mol. The van der Waals surface area contributed by atoms with Gasteiger partial charge in [-0.25, -0.2) is 0 Å². The first kappa shape index (κ1) is 22.2. The van der Waals surface area contributed by atoms with Gasteiger partial charge in [-0.1, -0.05) is 44.5 Å². The van der Waals surface area contributed by atoms with Crippen molar-refractivity contribution in [1.82, 2.24) is 10.2 Å². The summed E-state index contributed by atoms with van der Waals surface area (Å²) in [7, 11) is 1.67. The minimum Gasteiger partial charge on any atom is -0.497 e. The van der Waals surface area contributed by atoms with Gasteiger partial charge in [0.25, 0.3) is 5.91 Å². The molecule has 1 aliphatic heterocycles. The lowest BCUT2D eigenvalue weighted by Crippen LogP contribution is -2.41. The van der Waals surface area contributed by atoms with Crippen LogP contribution < -0.4 is 14.8 Å². The summed E-state index contributed by atoms with van der Waals surface area (Å²) in [5.41, 5.74) is 2.46. The van der Waals surface area contributed by atoms with E-state index in [9.17, 15) is 4.79 Å². The molecule has 1 N–H and O–H groups in total. The summed E-state index contributed by atoms with van der Waals surface area (Å²) in [5.74, 6) is 1.94. The zero-order valence-electron chi connectivity index (χ0n) is 18.4. The number of ether oxygens (including phenoxy) is 2. The average molecular weight is 411 g/mol. The number of nitrogens with zero attached hydrogens (tertiary/aromatic N) is 1. The fourth-order valence-electron chi connectivity index (χ4n) is 3.87. The number of carbonyl (C=O) groups is 1. The molecule has 1 heterocycles. The number of benzene rings is 2. The fourth-order valence-corrected chi connectivity index (χ4v) is 3.87. The molecule has 1 saturated heterocycles. The van der Waals surface area contributed by atoms with E-state index in [1.54, 1.807) is 7.11 Å². The molecule has 1 fully saturated rings. The maximum absolute atomic E-state index is 12.4. The van der Waals surface area contributed by atoms with Crippen molar-refractivity contribution in [3.05, 3.63) is 59.7 Å². The predicted molar refractivity (Wildman–Crippen MR) is 120 cm³/mol. The monoisotopic (exact) mass is 410 g/mol. The van der Waals surface area contributed by atoms with Gasteiger partial charge in [0.05, 0.1) is 13.2 Å². The molecule has 162 valence electrons. The highest BCUT2D eigenvalue weighted by Gasteiger charge is 2.23. The third-order valence-corrected chi connectivity index (χ3v) is 5.74. The largest absolute Gasteiger partial charge is 0.497 e. The number of piperidine rings is 1. The van der Waals surface area contributed by atoms with Gasteiger partial charge in [-0.05, 0) is 67.2 Å². The lowest BCUT2D eigenvalue weighted by molar-refractivity contribution is -0.123. The van der Waals surface area contributed by atoms with E-state index >= 15 is 0 Å². The van der Waals surface area contributed by atoms with E-state index in [1.165, 1.54) is 30.4 Å². The van der Waals surface area contributed by atoms with Crippen LogP contribution in [0.4, 0.5) is 0 Å². The van der Waals surface area contributed by atoms with Crippen molar-refractivity contribution in [3.63, 3.8) is 0 Å². The Morgan fingerprint density at radius 3 is 2.13 bits per heavy atom. The van der Waals surface area contributed by atoms with Crippen molar-refractivity contribution >= 4 is 5.91 Å². The van der Waals surface area contributed by atoms with E-state index in [2.05, 4.69) is 36.2 Å². The van der Waals surface area contributed by atoms with Crippen LogP contribution >= 0.6 is 0 Å². The van der Waals surface area contributed by atoms with Crippen molar-refractivity contribution in [2.75, 3.05) is 33.4 Å². The normalized spacial score (nSPS) is 15.6. The smallest absolute Gasteiger partial charge is 0.258 e. The number of rotatable bonds is 9. The van der Waals surface area contributed by atoms with Crippen molar-refractivity contribution in [2.24, 2.45) is 0 Å². The van der Waals surface area contributed by atoms with E-state index in [-0.39, 0.29) is 18.6 Å². The predicted octanol–water partition coefficient (Wildman–Crippen LogP) is 4.54. The molecule has 1 atom stereocenters. The molecule has 0 aromatic heterocycles. The molecule has 5 nitrogen and oxygen atoms in total. The highest BCUT2D eigenvalue weighted by atomic mass is 16.5. The number of nitrogens with one attached hydrogen (secondary N) is 1. The quantitative estimate of drug-likeness (QED) is 0.659. The molecule has 0 radical (unpaired) electrons. The van der Waals surface area contributed by atoms with Crippen molar-refractivity contribution in [1.29, 1.82) is 0 Å². The summed E-state index contributed by atoms with van der Waals surface area (Å²) in [4.78, 5) is 14.9. The van der Waals surface area contributed by atoms with Crippen molar-refractivity contribution < 1.29 is 14.3 Å². The second-order valence-corrected chi connectivity index (χ2v) is 8.20. The molecular formula is C25H34N2O3. The maximum atomic E-state index is 12.4. The Morgan fingerprint density at radius 1 is 0.933 bits per heavy atom. The number of methoxy groups -OCH3 is 1. The summed E-state index contributed by atoms with van der Waals surface area (Å²) in [6.07, 6.45) is 3.69. The number of likely N-dealkylation sites (tertiary alicyclic amines) is 1. The van der Waals surface area contributed by atoms with Gasteiger partial charge < -0.3 is 14.8 Å². The minimum atomic E-state index is -0.0987. The fraction of sp³-hybridized carbons (Fsp3) is 0.480. The molecule has 0 aliphatic carbocycles. The van der Waals surface area contributed by atoms with Crippen LogP contribution in [0.1, 0.15) is 56.2 Å². The van der Waals surface area contributed by atoms with Gasteiger partial charge >= 0.3 is 0 Å². The van der Waals surface area contributed by atoms with Crippen LogP contribution in [-0.4, -0.2) is 44.2 Å².